The van der Waals surface area contributed by atoms with Crippen molar-refractivity contribution in [3.8, 4) is 5.69 Å². The van der Waals surface area contributed by atoms with Crippen molar-refractivity contribution < 1.29 is 4.79 Å². The molecule has 0 aliphatic rings. The van der Waals surface area contributed by atoms with Crippen LogP contribution in [0.15, 0.2) is 49.5 Å². The summed E-state index contributed by atoms with van der Waals surface area (Å²) in [6.07, 6.45) is 0. The fraction of sp³-hybridized carbons (Fsp3) is 0.125. The SMILES string of the molecule is Cc1c(NC(=O)c2cc(Br)c(Br)s2)c(=O)n(-c2ccccc2)n1C. The molecule has 1 aromatic carbocycles. The highest BCUT2D eigenvalue weighted by atomic mass is 79.9. The number of thiophene rings is 1. The van der Waals surface area contributed by atoms with E-state index >= 15 is 0 Å². The average Bonchev–Trinajstić information content (AvgIpc) is 3.01. The molecular weight excluding hydrogens is 458 g/mol. The van der Waals surface area contributed by atoms with Gasteiger partial charge in [-0.2, -0.15) is 0 Å². The molecule has 24 heavy (non-hydrogen) atoms. The van der Waals surface area contributed by atoms with E-state index in [1.807, 2.05) is 30.3 Å². The molecule has 124 valence electrons. The summed E-state index contributed by atoms with van der Waals surface area (Å²) >= 11 is 8.03. The van der Waals surface area contributed by atoms with Crippen molar-refractivity contribution >= 4 is 54.8 Å². The fourth-order valence-electron chi connectivity index (χ4n) is 2.35. The van der Waals surface area contributed by atoms with E-state index in [9.17, 15) is 9.59 Å². The smallest absolute Gasteiger partial charge is 0.295 e. The van der Waals surface area contributed by atoms with E-state index < -0.39 is 0 Å². The van der Waals surface area contributed by atoms with E-state index in [-0.39, 0.29) is 17.2 Å². The summed E-state index contributed by atoms with van der Waals surface area (Å²) in [4.78, 5) is 25.7. The molecule has 0 fully saturated rings. The molecule has 0 saturated heterocycles. The van der Waals surface area contributed by atoms with Crippen LogP contribution in [0.3, 0.4) is 0 Å². The van der Waals surface area contributed by atoms with Crippen molar-refractivity contribution in [2.75, 3.05) is 5.32 Å². The van der Waals surface area contributed by atoms with Gasteiger partial charge in [0.15, 0.2) is 0 Å². The van der Waals surface area contributed by atoms with Crippen LogP contribution in [0.5, 0.6) is 0 Å². The van der Waals surface area contributed by atoms with Gasteiger partial charge in [-0.25, -0.2) is 4.68 Å². The highest BCUT2D eigenvalue weighted by Gasteiger charge is 2.20. The quantitative estimate of drug-likeness (QED) is 0.619. The van der Waals surface area contributed by atoms with E-state index in [2.05, 4.69) is 37.2 Å². The van der Waals surface area contributed by atoms with E-state index in [0.717, 1.165) is 13.9 Å². The number of nitrogens with one attached hydrogen (secondary N) is 1. The minimum Gasteiger partial charge on any atom is -0.315 e. The number of para-hydroxylation sites is 1. The van der Waals surface area contributed by atoms with E-state index in [0.29, 0.717) is 10.6 Å². The van der Waals surface area contributed by atoms with Gasteiger partial charge in [-0.3, -0.25) is 14.3 Å². The molecule has 0 saturated carbocycles. The standard InChI is InChI=1S/C16H13Br2N3O2S/c1-9-13(19-15(22)12-8-11(17)14(18)24-12)16(23)21(20(9)2)10-6-4-3-5-7-10/h3-8H,1-2H3,(H,19,22). The lowest BCUT2D eigenvalue weighted by Crippen LogP contribution is -2.22. The summed E-state index contributed by atoms with van der Waals surface area (Å²) in [5.74, 6) is -0.308. The number of nitrogens with zero attached hydrogens (tertiary/aromatic N) is 2. The molecule has 3 aromatic rings. The Morgan fingerprint density at radius 2 is 1.88 bits per heavy atom. The van der Waals surface area contributed by atoms with Crippen LogP contribution in [-0.4, -0.2) is 15.3 Å². The molecular formula is C16H13Br2N3O2S. The molecule has 5 nitrogen and oxygen atoms in total. The van der Waals surface area contributed by atoms with Crippen LogP contribution in [-0.2, 0) is 7.05 Å². The molecule has 0 atom stereocenters. The Kier molecular flexibility index (Phi) is 4.80. The first-order valence-corrected chi connectivity index (χ1v) is 9.40. The molecule has 1 amide bonds. The fourth-order valence-corrected chi connectivity index (χ4v) is 4.28. The number of carbonyl (C=O) groups excluding carboxylic acids is 1. The summed E-state index contributed by atoms with van der Waals surface area (Å²) in [5.41, 5.74) is 1.46. The Labute approximate surface area is 159 Å². The maximum atomic E-state index is 12.8. The minimum atomic E-state index is -0.308. The second-order valence-electron chi connectivity index (χ2n) is 5.12. The molecule has 8 heteroatoms. The minimum absolute atomic E-state index is 0.260. The van der Waals surface area contributed by atoms with Gasteiger partial charge >= 0.3 is 0 Å². The van der Waals surface area contributed by atoms with Crippen LogP contribution in [0.4, 0.5) is 5.69 Å². The zero-order valence-electron chi connectivity index (χ0n) is 12.8. The molecule has 0 bridgehead atoms. The Bertz CT molecular complexity index is 954. The van der Waals surface area contributed by atoms with Gasteiger partial charge in [0.25, 0.3) is 11.5 Å². The van der Waals surface area contributed by atoms with Gasteiger partial charge in [-0.15, -0.1) is 11.3 Å². The lowest BCUT2D eigenvalue weighted by molar-refractivity contribution is 0.103. The van der Waals surface area contributed by atoms with Crippen molar-refractivity contribution in [1.82, 2.24) is 9.36 Å². The van der Waals surface area contributed by atoms with Crippen LogP contribution < -0.4 is 10.9 Å². The van der Waals surface area contributed by atoms with E-state index in [1.165, 1.54) is 16.0 Å². The summed E-state index contributed by atoms with van der Waals surface area (Å²) < 4.78 is 4.90. The predicted molar refractivity (Wildman–Crippen MR) is 103 cm³/mol. The molecule has 0 spiro atoms. The van der Waals surface area contributed by atoms with Gasteiger partial charge in [0, 0.05) is 11.5 Å². The first-order valence-electron chi connectivity index (χ1n) is 7.00. The van der Waals surface area contributed by atoms with Crippen molar-refractivity contribution in [1.29, 1.82) is 0 Å². The Hall–Kier alpha value is -1.64. The Morgan fingerprint density at radius 1 is 1.21 bits per heavy atom. The lowest BCUT2D eigenvalue weighted by Gasteiger charge is -2.07. The first kappa shape index (κ1) is 17.2. The number of anilines is 1. The number of aromatic nitrogens is 2. The number of halogens is 2. The van der Waals surface area contributed by atoms with Crippen LogP contribution in [0.1, 0.15) is 15.4 Å². The Balaban J connectivity index is 2.01. The van der Waals surface area contributed by atoms with Gasteiger partial charge in [-0.05, 0) is 57.0 Å². The monoisotopic (exact) mass is 469 g/mol. The van der Waals surface area contributed by atoms with Crippen LogP contribution in [0.2, 0.25) is 0 Å². The van der Waals surface area contributed by atoms with Crippen LogP contribution in [0, 0.1) is 6.92 Å². The summed E-state index contributed by atoms with van der Waals surface area (Å²) in [7, 11) is 1.79. The number of carbonyl (C=O) groups is 1. The maximum Gasteiger partial charge on any atom is 0.295 e. The average molecular weight is 471 g/mol. The lowest BCUT2D eigenvalue weighted by atomic mass is 10.3. The zero-order chi connectivity index (χ0) is 17.4. The van der Waals surface area contributed by atoms with Gasteiger partial charge in [-0.1, -0.05) is 18.2 Å². The van der Waals surface area contributed by atoms with Gasteiger partial charge in [0.05, 0.1) is 20.0 Å². The largest absolute Gasteiger partial charge is 0.315 e. The first-order chi connectivity index (χ1) is 11.4. The zero-order valence-corrected chi connectivity index (χ0v) is 16.8. The maximum absolute atomic E-state index is 12.8. The second-order valence-corrected chi connectivity index (χ2v) is 8.35. The molecule has 3 rings (SSSR count). The van der Waals surface area contributed by atoms with Crippen molar-refractivity contribution in [3.63, 3.8) is 0 Å². The molecule has 2 heterocycles. The summed E-state index contributed by atoms with van der Waals surface area (Å²) in [6.45, 7) is 1.80. The van der Waals surface area contributed by atoms with Crippen molar-refractivity contribution in [2.24, 2.45) is 7.05 Å². The number of amides is 1. The third-order valence-electron chi connectivity index (χ3n) is 3.66. The number of hydrogen-bond donors (Lipinski definition) is 1. The van der Waals surface area contributed by atoms with Gasteiger partial charge < -0.3 is 5.32 Å². The molecule has 2 aromatic heterocycles. The van der Waals surface area contributed by atoms with Crippen LogP contribution >= 0.6 is 43.2 Å². The molecule has 0 unspecified atom stereocenters. The highest BCUT2D eigenvalue weighted by molar-refractivity contribution is 9.13. The number of hydrogen-bond acceptors (Lipinski definition) is 3. The third kappa shape index (κ3) is 3.01. The summed E-state index contributed by atoms with van der Waals surface area (Å²) in [5, 5.41) is 2.74. The molecule has 0 aliphatic carbocycles. The molecule has 0 aliphatic heterocycles. The van der Waals surface area contributed by atoms with E-state index in [4.69, 9.17) is 0 Å². The van der Waals surface area contributed by atoms with E-state index in [1.54, 1.807) is 24.7 Å². The molecule has 1 N–H and O–H groups in total. The Morgan fingerprint density at radius 3 is 2.46 bits per heavy atom. The van der Waals surface area contributed by atoms with Gasteiger partial charge in [0.1, 0.15) is 5.69 Å². The second kappa shape index (κ2) is 6.70. The summed E-state index contributed by atoms with van der Waals surface area (Å²) in [6, 6.07) is 11.0. The topological polar surface area (TPSA) is 56.0 Å². The third-order valence-corrected chi connectivity index (χ3v) is 6.92. The number of rotatable bonds is 3. The highest BCUT2D eigenvalue weighted by Crippen LogP contribution is 2.32. The van der Waals surface area contributed by atoms with Crippen molar-refractivity contribution in [2.45, 2.75) is 6.92 Å². The number of benzene rings is 1. The van der Waals surface area contributed by atoms with Gasteiger partial charge in [0.2, 0.25) is 0 Å². The normalized spacial score (nSPS) is 10.8. The van der Waals surface area contributed by atoms with Crippen molar-refractivity contribution in [3.05, 3.63) is 65.6 Å². The van der Waals surface area contributed by atoms with Crippen LogP contribution in [0.25, 0.3) is 5.69 Å². The predicted octanol–water partition coefficient (Wildman–Crippen LogP) is 4.32. The molecule has 0 radical (unpaired) electrons.